The van der Waals surface area contributed by atoms with E-state index in [0.29, 0.717) is 29.7 Å². The summed E-state index contributed by atoms with van der Waals surface area (Å²) in [6, 6.07) is 34.9. The highest BCUT2D eigenvalue weighted by molar-refractivity contribution is 6.35. The number of aromatic nitrogens is 2. The number of hydrogen-bond acceptors (Lipinski definition) is 3. The van der Waals surface area contributed by atoms with Crippen LogP contribution in [0.25, 0.3) is 22.6 Å². The van der Waals surface area contributed by atoms with Gasteiger partial charge in [-0.25, -0.2) is 4.98 Å². The summed E-state index contributed by atoms with van der Waals surface area (Å²) in [5.74, 6) is 1.83. The van der Waals surface area contributed by atoms with Crippen LogP contribution < -0.4 is 4.74 Å². The largest absolute Gasteiger partial charge is 0.497 e. The number of ether oxygens (including phenoxy) is 1. The van der Waals surface area contributed by atoms with E-state index < -0.39 is 0 Å². The molecule has 5 aromatic rings. The minimum Gasteiger partial charge on any atom is -0.497 e. The van der Waals surface area contributed by atoms with Crippen molar-refractivity contribution in [2.24, 2.45) is 0 Å². The van der Waals surface area contributed by atoms with Gasteiger partial charge >= 0.3 is 0 Å². The maximum Gasteiger partial charge on any atom is 0.140 e. The maximum absolute atomic E-state index is 6.69. The van der Waals surface area contributed by atoms with Crippen LogP contribution in [0.1, 0.15) is 36.6 Å². The monoisotopic (exact) mass is 583 g/mol. The van der Waals surface area contributed by atoms with Crippen molar-refractivity contribution < 1.29 is 4.74 Å². The fraction of sp³-hybridized carbons (Fsp3) is 0.229. The second-order valence-electron chi connectivity index (χ2n) is 10.2. The third kappa shape index (κ3) is 7.02. The zero-order valence-corrected chi connectivity index (χ0v) is 25.1. The van der Waals surface area contributed by atoms with Gasteiger partial charge in [-0.2, -0.15) is 0 Å². The minimum absolute atomic E-state index is 0.596. The van der Waals surface area contributed by atoms with Crippen molar-refractivity contribution >= 4 is 23.2 Å². The lowest BCUT2D eigenvalue weighted by atomic mass is 10.1. The van der Waals surface area contributed by atoms with Crippen LogP contribution in [0.4, 0.5) is 0 Å². The predicted molar refractivity (Wildman–Crippen MR) is 170 cm³/mol. The van der Waals surface area contributed by atoms with E-state index in [1.165, 1.54) is 11.3 Å². The van der Waals surface area contributed by atoms with Gasteiger partial charge in [0.25, 0.3) is 0 Å². The van der Waals surface area contributed by atoms with Crippen LogP contribution in [-0.2, 0) is 26.2 Å². The molecule has 5 rings (SSSR count). The number of hydrogen-bond donors (Lipinski definition) is 0. The molecule has 0 fully saturated rings. The lowest BCUT2D eigenvalue weighted by Crippen LogP contribution is -2.25. The first-order valence-corrected chi connectivity index (χ1v) is 14.8. The molecule has 0 aliphatic rings. The summed E-state index contributed by atoms with van der Waals surface area (Å²) in [7, 11) is 1.69. The molecule has 210 valence electrons. The Bertz CT molecular complexity index is 1530. The number of nitrogens with zero attached hydrogens (tertiary/aromatic N) is 3. The van der Waals surface area contributed by atoms with E-state index in [9.17, 15) is 0 Å². The van der Waals surface area contributed by atoms with Crippen LogP contribution in [0.2, 0.25) is 10.0 Å². The quantitative estimate of drug-likeness (QED) is 0.146. The minimum atomic E-state index is 0.596. The van der Waals surface area contributed by atoms with Crippen molar-refractivity contribution in [3.63, 3.8) is 0 Å². The zero-order valence-electron chi connectivity index (χ0n) is 23.6. The molecule has 0 atom stereocenters. The van der Waals surface area contributed by atoms with E-state index in [1.54, 1.807) is 7.11 Å². The topological polar surface area (TPSA) is 30.3 Å². The molecule has 0 saturated carbocycles. The first kappa shape index (κ1) is 28.9. The highest BCUT2D eigenvalue weighted by atomic mass is 35.5. The first-order valence-electron chi connectivity index (χ1n) is 14.1. The molecule has 1 heterocycles. The Morgan fingerprint density at radius 3 is 1.98 bits per heavy atom. The van der Waals surface area contributed by atoms with Gasteiger partial charge in [0, 0.05) is 52.9 Å². The van der Waals surface area contributed by atoms with Crippen LogP contribution in [-0.4, -0.2) is 21.6 Å². The van der Waals surface area contributed by atoms with Gasteiger partial charge in [-0.15, -0.1) is 0 Å². The van der Waals surface area contributed by atoms with E-state index in [1.807, 2.05) is 42.5 Å². The Hall–Kier alpha value is -3.57. The number of imidazole rings is 1. The molecule has 0 spiro atoms. The van der Waals surface area contributed by atoms with Crippen LogP contribution in [0.15, 0.2) is 103 Å². The molecular formula is C35H35Cl2N3O. The standard InChI is InChI=1S/C35H35Cl2N3O/c1-3-4-22-40-33(34(27-12-7-5-8-13-27)38-35(40)28-14-9-6-10-15-28)25-39(23-26-18-20-29(41-2)21-19-26)24-30-31(36)16-11-17-32(30)37/h5-21H,3-4,22-25H2,1-2H3. The van der Waals surface area contributed by atoms with Gasteiger partial charge in [0.2, 0.25) is 0 Å². The molecule has 0 bridgehead atoms. The molecule has 4 nitrogen and oxygen atoms in total. The van der Waals surface area contributed by atoms with E-state index in [0.717, 1.165) is 53.3 Å². The maximum atomic E-state index is 6.69. The highest BCUT2D eigenvalue weighted by Gasteiger charge is 2.23. The second kappa shape index (κ2) is 13.9. The molecular weight excluding hydrogens is 549 g/mol. The molecule has 0 aliphatic carbocycles. The number of benzene rings is 4. The highest BCUT2D eigenvalue weighted by Crippen LogP contribution is 2.33. The number of methoxy groups -OCH3 is 1. The lowest BCUT2D eigenvalue weighted by Gasteiger charge is -2.25. The normalized spacial score (nSPS) is 11.2. The smallest absolute Gasteiger partial charge is 0.140 e. The van der Waals surface area contributed by atoms with Crippen molar-refractivity contribution in [1.29, 1.82) is 0 Å². The number of unbranched alkanes of at least 4 members (excludes halogenated alkanes) is 1. The van der Waals surface area contributed by atoms with E-state index in [4.69, 9.17) is 32.9 Å². The number of halogens is 2. The summed E-state index contributed by atoms with van der Waals surface area (Å²) in [6.45, 7) is 5.09. The molecule has 0 amide bonds. The Morgan fingerprint density at radius 2 is 1.37 bits per heavy atom. The average molecular weight is 585 g/mol. The summed E-state index contributed by atoms with van der Waals surface area (Å²) in [5, 5.41) is 1.34. The van der Waals surface area contributed by atoms with Crippen molar-refractivity contribution in [3.8, 4) is 28.4 Å². The Kier molecular flexibility index (Phi) is 9.79. The Labute approximate surface area is 253 Å². The van der Waals surface area contributed by atoms with Gasteiger partial charge in [-0.1, -0.05) is 115 Å². The first-order chi connectivity index (χ1) is 20.1. The van der Waals surface area contributed by atoms with Crippen LogP contribution in [0.3, 0.4) is 0 Å². The van der Waals surface area contributed by atoms with Gasteiger partial charge in [-0.05, 0) is 36.2 Å². The van der Waals surface area contributed by atoms with Gasteiger partial charge in [0.05, 0.1) is 18.5 Å². The molecule has 1 aromatic heterocycles. The van der Waals surface area contributed by atoms with Crippen molar-refractivity contribution in [2.45, 2.75) is 45.9 Å². The van der Waals surface area contributed by atoms with Crippen LogP contribution >= 0.6 is 23.2 Å². The predicted octanol–water partition coefficient (Wildman–Crippen LogP) is 9.53. The lowest BCUT2D eigenvalue weighted by molar-refractivity contribution is 0.241. The zero-order chi connectivity index (χ0) is 28.6. The molecule has 0 radical (unpaired) electrons. The van der Waals surface area contributed by atoms with E-state index in [-0.39, 0.29) is 0 Å². The third-order valence-corrected chi connectivity index (χ3v) is 7.98. The molecule has 0 unspecified atom stereocenters. The summed E-state index contributed by atoms with van der Waals surface area (Å²) in [5.41, 5.74) is 6.51. The van der Waals surface area contributed by atoms with Crippen LogP contribution in [0.5, 0.6) is 5.75 Å². The van der Waals surface area contributed by atoms with Crippen molar-refractivity contribution in [2.75, 3.05) is 7.11 Å². The van der Waals surface area contributed by atoms with Gasteiger partial charge in [-0.3, -0.25) is 4.90 Å². The molecule has 0 aliphatic heterocycles. The van der Waals surface area contributed by atoms with Crippen LogP contribution in [0, 0.1) is 0 Å². The summed E-state index contributed by atoms with van der Waals surface area (Å²) in [4.78, 5) is 7.69. The molecule has 6 heteroatoms. The van der Waals surface area contributed by atoms with Crippen molar-refractivity contribution in [3.05, 3.63) is 130 Å². The summed E-state index contributed by atoms with van der Waals surface area (Å²) in [6.07, 6.45) is 2.16. The van der Waals surface area contributed by atoms with Gasteiger partial charge in [0.15, 0.2) is 0 Å². The summed E-state index contributed by atoms with van der Waals surface area (Å²) < 4.78 is 7.81. The van der Waals surface area contributed by atoms with E-state index >= 15 is 0 Å². The Balaban J connectivity index is 1.62. The van der Waals surface area contributed by atoms with Gasteiger partial charge < -0.3 is 9.30 Å². The Morgan fingerprint density at radius 1 is 0.732 bits per heavy atom. The van der Waals surface area contributed by atoms with Gasteiger partial charge in [0.1, 0.15) is 11.6 Å². The number of rotatable bonds is 12. The molecule has 0 saturated heterocycles. The third-order valence-electron chi connectivity index (χ3n) is 7.27. The fourth-order valence-corrected chi connectivity index (χ4v) is 5.63. The molecule has 4 aromatic carbocycles. The second-order valence-corrected chi connectivity index (χ2v) is 11.0. The average Bonchev–Trinajstić information content (AvgIpc) is 3.36. The molecule has 0 N–H and O–H groups in total. The van der Waals surface area contributed by atoms with Crippen molar-refractivity contribution in [1.82, 2.24) is 14.5 Å². The summed E-state index contributed by atoms with van der Waals surface area (Å²) >= 11 is 13.4. The fourth-order valence-electron chi connectivity index (χ4n) is 5.11. The SMILES string of the molecule is CCCCn1c(-c2ccccc2)nc(-c2ccccc2)c1CN(Cc1ccc(OC)cc1)Cc1c(Cl)cccc1Cl. The molecule has 41 heavy (non-hydrogen) atoms. The van der Waals surface area contributed by atoms with E-state index in [2.05, 4.69) is 77.1 Å².